The van der Waals surface area contributed by atoms with E-state index in [1.54, 1.807) is 0 Å². The SMILES string of the molecule is O=S(=O)(NCCN1CCSCC1)N1CCCCC1CO. The van der Waals surface area contributed by atoms with Crippen molar-refractivity contribution in [1.82, 2.24) is 13.9 Å². The summed E-state index contributed by atoms with van der Waals surface area (Å²) < 4.78 is 28.7. The molecule has 0 aromatic heterocycles. The van der Waals surface area contributed by atoms with Crippen molar-refractivity contribution in [3.05, 3.63) is 0 Å². The second-order valence-electron chi connectivity index (χ2n) is 5.30. The molecule has 8 heteroatoms. The number of piperidine rings is 1. The van der Waals surface area contributed by atoms with Gasteiger partial charge < -0.3 is 10.0 Å². The number of aliphatic hydroxyl groups is 1. The zero-order valence-corrected chi connectivity index (χ0v) is 13.5. The highest BCUT2D eigenvalue weighted by atomic mass is 32.2. The van der Waals surface area contributed by atoms with Gasteiger partial charge in [-0.3, -0.25) is 0 Å². The van der Waals surface area contributed by atoms with Crippen LogP contribution >= 0.6 is 11.8 Å². The fourth-order valence-corrected chi connectivity index (χ4v) is 5.14. The van der Waals surface area contributed by atoms with Crippen LogP contribution in [-0.2, 0) is 10.2 Å². The Bertz CT molecular complexity index is 385. The van der Waals surface area contributed by atoms with E-state index < -0.39 is 10.2 Å². The van der Waals surface area contributed by atoms with E-state index in [1.165, 1.54) is 4.31 Å². The van der Waals surface area contributed by atoms with Crippen molar-refractivity contribution in [2.24, 2.45) is 0 Å². The van der Waals surface area contributed by atoms with E-state index in [0.29, 0.717) is 13.1 Å². The minimum atomic E-state index is -3.45. The monoisotopic (exact) mass is 323 g/mol. The third-order valence-electron chi connectivity index (χ3n) is 3.91. The molecule has 6 nitrogen and oxygen atoms in total. The van der Waals surface area contributed by atoms with Crippen molar-refractivity contribution in [2.75, 3.05) is 50.8 Å². The highest BCUT2D eigenvalue weighted by Gasteiger charge is 2.31. The van der Waals surface area contributed by atoms with E-state index in [0.717, 1.165) is 50.4 Å². The van der Waals surface area contributed by atoms with Gasteiger partial charge in [0, 0.05) is 50.3 Å². The third kappa shape index (κ3) is 4.57. The van der Waals surface area contributed by atoms with E-state index in [1.807, 2.05) is 11.8 Å². The van der Waals surface area contributed by atoms with Gasteiger partial charge in [0.2, 0.25) is 0 Å². The average molecular weight is 323 g/mol. The standard InChI is InChI=1S/C12H25N3O3S2/c16-11-12-3-1-2-5-15(12)20(17,18)13-4-6-14-7-9-19-10-8-14/h12-13,16H,1-11H2. The molecule has 2 fully saturated rings. The lowest BCUT2D eigenvalue weighted by atomic mass is 10.1. The van der Waals surface area contributed by atoms with Gasteiger partial charge in [-0.1, -0.05) is 6.42 Å². The van der Waals surface area contributed by atoms with Crippen molar-refractivity contribution in [3.63, 3.8) is 0 Å². The van der Waals surface area contributed by atoms with E-state index in [4.69, 9.17) is 0 Å². The molecule has 2 aliphatic rings. The molecule has 0 amide bonds. The van der Waals surface area contributed by atoms with E-state index in [9.17, 15) is 13.5 Å². The Balaban J connectivity index is 1.80. The third-order valence-corrected chi connectivity index (χ3v) is 6.52. The Morgan fingerprint density at radius 2 is 1.95 bits per heavy atom. The molecule has 0 spiro atoms. The number of hydrogen-bond donors (Lipinski definition) is 2. The fraction of sp³-hybridized carbons (Fsp3) is 1.00. The van der Waals surface area contributed by atoms with Gasteiger partial charge in [-0.15, -0.1) is 0 Å². The molecule has 0 saturated carbocycles. The lowest BCUT2D eigenvalue weighted by Gasteiger charge is -2.33. The van der Waals surface area contributed by atoms with Crippen LogP contribution in [0.5, 0.6) is 0 Å². The van der Waals surface area contributed by atoms with Crippen LogP contribution in [0.3, 0.4) is 0 Å². The number of thioether (sulfide) groups is 1. The molecule has 0 aromatic rings. The van der Waals surface area contributed by atoms with Crippen LogP contribution in [0.1, 0.15) is 19.3 Å². The number of nitrogens with zero attached hydrogens (tertiary/aromatic N) is 2. The van der Waals surface area contributed by atoms with Gasteiger partial charge in [-0.2, -0.15) is 24.5 Å². The van der Waals surface area contributed by atoms with Crippen LogP contribution in [0.25, 0.3) is 0 Å². The van der Waals surface area contributed by atoms with Crippen LogP contribution in [0.15, 0.2) is 0 Å². The van der Waals surface area contributed by atoms with Crippen molar-refractivity contribution >= 4 is 22.0 Å². The minimum Gasteiger partial charge on any atom is -0.395 e. The Hall–Kier alpha value is 0.140. The summed E-state index contributed by atoms with van der Waals surface area (Å²) in [5.41, 5.74) is 0. The second kappa shape index (κ2) is 7.95. The molecule has 20 heavy (non-hydrogen) atoms. The number of aliphatic hydroxyl groups excluding tert-OH is 1. The van der Waals surface area contributed by atoms with Gasteiger partial charge >= 0.3 is 0 Å². The number of rotatable bonds is 6. The van der Waals surface area contributed by atoms with Crippen LogP contribution in [0, 0.1) is 0 Å². The molecule has 0 aliphatic carbocycles. The molecule has 0 bridgehead atoms. The van der Waals surface area contributed by atoms with Crippen LogP contribution in [-0.4, -0.2) is 79.6 Å². The Kier molecular flexibility index (Phi) is 6.57. The molecule has 0 radical (unpaired) electrons. The zero-order chi connectivity index (χ0) is 14.4. The maximum absolute atomic E-state index is 12.3. The smallest absolute Gasteiger partial charge is 0.279 e. The van der Waals surface area contributed by atoms with Gasteiger partial charge in [0.15, 0.2) is 0 Å². The summed E-state index contributed by atoms with van der Waals surface area (Å²) in [5, 5.41) is 9.31. The van der Waals surface area contributed by atoms with Crippen molar-refractivity contribution < 1.29 is 13.5 Å². The largest absolute Gasteiger partial charge is 0.395 e. The topological polar surface area (TPSA) is 72.9 Å². The summed E-state index contributed by atoms with van der Waals surface area (Å²) in [7, 11) is -3.45. The predicted molar refractivity (Wildman–Crippen MR) is 82.1 cm³/mol. The summed E-state index contributed by atoms with van der Waals surface area (Å²) in [5.74, 6) is 2.26. The first-order valence-corrected chi connectivity index (χ1v) is 9.90. The maximum Gasteiger partial charge on any atom is 0.279 e. The summed E-state index contributed by atoms with van der Waals surface area (Å²) in [6.07, 6.45) is 2.62. The van der Waals surface area contributed by atoms with Gasteiger partial charge in [0.1, 0.15) is 0 Å². The molecule has 2 N–H and O–H groups in total. The summed E-state index contributed by atoms with van der Waals surface area (Å²) in [6.45, 7) is 3.70. The molecular formula is C12H25N3O3S2. The van der Waals surface area contributed by atoms with E-state index >= 15 is 0 Å². The minimum absolute atomic E-state index is 0.0930. The van der Waals surface area contributed by atoms with Gasteiger partial charge in [0.25, 0.3) is 10.2 Å². The van der Waals surface area contributed by atoms with Gasteiger partial charge in [-0.25, -0.2) is 4.72 Å². The number of nitrogens with one attached hydrogen (secondary N) is 1. The second-order valence-corrected chi connectivity index (χ2v) is 8.23. The summed E-state index contributed by atoms with van der Waals surface area (Å²) >= 11 is 1.95. The Morgan fingerprint density at radius 1 is 1.20 bits per heavy atom. The molecule has 1 atom stereocenters. The first kappa shape index (κ1) is 16.5. The van der Waals surface area contributed by atoms with Crippen LogP contribution < -0.4 is 4.72 Å². The highest BCUT2D eigenvalue weighted by Crippen LogP contribution is 2.19. The molecular weight excluding hydrogens is 298 g/mol. The molecule has 2 saturated heterocycles. The Labute approximate surface area is 126 Å². The van der Waals surface area contributed by atoms with Crippen LogP contribution in [0.4, 0.5) is 0 Å². The lowest BCUT2D eigenvalue weighted by Crippen LogP contribution is -2.51. The lowest BCUT2D eigenvalue weighted by molar-refractivity contribution is 0.153. The van der Waals surface area contributed by atoms with E-state index in [2.05, 4.69) is 9.62 Å². The van der Waals surface area contributed by atoms with Crippen molar-refractivity contribution in [3.8, 4) is 0 Å². The predicted octanol–water partition coefficient (Wildman–Crippen LogP) is -0.284. The molecule has 2 aliphatic heterocycles. The molecule has 118 valence electrons. The Morgan fingerprint density at radius 3 is 2.65 bits per heavy atom. The van der Waals surface area contributed by atoms with Gasteiger partial charge in [0.05, 0.1) is 6.61 Å². The normalized spacial score (nSPS) is 26.8. The molecule has 2 heterocycles. The fourth-order valence-electron chi connectivity index (χ4n) is 2.71. The van der Waals surface area contributed by atoms with E-state index in [-0.39, 0.29) is 12.6 Å². The quantitative estimate of drug-likeness (QED) is 0.703. The molecule has 2 rings (SSSR count). The zero-order valence-electron chi connectivity index (χ0n) is 11.8. The summed E-state index contributed by atoms with van der Waals surface area (Å²) in [6, 6.07) is -0.257. The highest BCUT2D eigenvalue weighted by molar-refractivity contribution is 7.99. The first-order chi connectivity index (χ1) is 9.63. The molecule has 0 aromatic carbocycles. The number of hydrogen-bond acceptors (Lipinski definition) is 5. The molecule has 1 unspecified atom stereocenters. The maximum atomic E-state index is 12.3. The van der Waals surface area contributed by atoms with Crippen molar-refractivity contribution in [1.29, 1.82) is 0 Å². The summed E-state index contributed by atoms with van der Waals surface area (Å²) in [4.78, 5) is 2.29. The van der Waals surface area contributed by atoms with Gasteiger partial charge in [-0.05, 0) is 12.8 Å². The first-order valence-electron chi connectivity index (χ1n) is 7.31. The van der Waals surface area contributed by atoms with Crippen LogP contribution in [0.2, 0.25) is 0 Å². The van der Waals surface area contributed by atoms with Crippen molar-refractivity contribution in [2.45, 2.75) is 25.3 Å². The average Bonchev–Trinajstić information content (AvgIpc) is 2.48.